The van der Waals surface area contributed by atoms with Crippen molar-refractivity contribution < 1.29 is 0 Å². The van der Waals surface area contributed by atoms with E-state index in [0.29, 0.717) is 16.6 Å². The molecule has 0 fully saturated rings. The molecular formula is C21H16N4O2. The maximum Gasteiger partial charge on any atom is 0.261 e. The van der Waals surface area contributed by atoms with Crippen LogP contribution in [-0.4, -0.2) is 18.9 Å². The van der Waals surface area contributed by atoms with Crippen molar-refractivity contribution in [2.24, 2.45) is 14.1 Å². The van der Waals surface area contributed by atoms with Gasteiger partial charge < -0.3 is 9.13 Å². The van der Waals surface area contributed by atoms with E-state index in [2.05, 4.69) is 5.10 Å². The first-order valence-electron chi connectivity index (χ1n) is 8.62. The van der Waals surface area contributed by atoms with E-state index >= 15 is 0 Å². The van der Waals surface area contributed by atoms with Crippen LogP contribution < -0.4 is 11.1 Å². The van der Waals surface area contributed by atoms with Gasteiger partial charge in [0, 0.05) is 30.9 Å². The number of rotatable bonds is 1. The van der Waals surface area contributed by atoms with Crippen molar-refractivity contribution in [2.75, 3.05) is 0 Å². The van der Waals surface area contributed by atoms with Gasteiger partial charge in [-0.05, 0) is 12.1 Å². The van der Waals surface area contributed by atoms with Crippen LogP contribution >= 0.6 is 0 Å². The van der Waals surface area contributed by atoms with Crippen LogP contribution in [0.3, 0.4) is 0 Å². The zero-order valence-corrected chi connectivity index (χ0v) is 14.9. The van der Waals surface area contributed by atoms with E-state index < -0.39 is 0 Å². The second-order valence-corrected chi connectivity index (χ2v) is 6.64. The SMILES string of the molecule is Cn1c(=O)cc(-n2ncc3c(=O)n(C)c4ccccc4c32)c2ccccc21. The molecule has 0 aliphatic heterocycles. The standard InChI is InChI=1S/C21H16N4O2/c1-23-16-9-5-3-7-13(16)18(11-19(23)26)25-20-14-8-4-6-10-17(14)24(2)21(27)15(20)12-22-25/h3-12H,1-2H3. The number of hydrogen-bond acceptors (Lipinski definition) is 3. The first-order chi connectivity index (χ1) is 13.1. The molecule has 132 valence electrons. The summed E-state index contributed by atoms with van der Waals surface area (Å²) in [5.41, 5.74) is 2.79. The zero-order valence-electron chi connectivity index (χ0n) is 14.9. The minimum atomic E-state index is -0.125. The smallest absolute Gasteiger partial charge is 0.261 e. The molecule has 0 atom stereocenters. The summed E-state index contributed by atoms with van der Waals surface area (Å²) in [6, 6.07) is 17.0. The van der Waals surface area contributed by atoms with E-state index in [1.54, 1.807) is 40.2 Å². The number of pyridine rings is 2. The molecule has 6 nitrogen and oxygen atoms in total. The molecule has 0 radical (unpaired) electrons. The van der Waals surface area contributed by atoms with Gasteiger partial charge >= 0.3 is 0 Å². The quantitative estimate of drug-likeness (QED) is 0.464. The molecule has 27 heavy (non-hydrogen) atoms. The van der Waals surface area contributed by atoms with Gasteiger partial charge in [0.15, 0.2) is 0 Å². The fourth-order valence-electron chi connectivity index (χ4n) is 3.77. The van der Waals surface area contributed by atoms with Crippen molar-refractivity contribution in [3.63, 3.8) is 0 Å². The topological polar surface area (TPSA) is 61.8 Å². The van der Waals surface area contributed by atoms with Gasteiger partial charge in [-0.25, -0.2) is 4.68 Å². The van der Waals surface area contributed by atoms with E-state index in [1.807, 2.05) is 48.5 Å². The minimum absolute atomic E-state index is 0.108. The van der Waals surface area contributed by atoms with Gasteiger partial charge in [-0.2, -0.15) is 5.10 Å². The van der Waals surface area contributed by atoms with Crippen LogP contribution in [0.15, 0.2) is 70.4 Å². The first kappa shape index (κ1) is 15.6. The Morgan fingerprint density at radius 2 is 1.41 bits per heavy atom. The van der Waals surface area contributed by atoms with Crippen LogP contribution in [0.2, 0.25) is 0 Å². The van der Waals surface area contributed by atoms with Gasteiger partial charge in [-0.15, -0.1) is 0 Å². The van der Waals surface area contributed by atoms with E-state index in [0.717, 1.165) is 21.8 Å². The maximum atomic E-state index is 12.8. The third kappa shape index (κ3) is 2.04. The number of aryl methyl sites for hydroxylation is 2. The number of benzene rings is 2. The molecule has 6 heteroatoms. The average Bonchev–Trinajstić information content (AvgIpc) is 3.14. The molecule has 0 unspecified atom stereocenters. The predicted molar refractivity (Wildman–Crippen MR) is 107 cm³/mol. The van der Waals surface area contributed by atoms with Crippen LogP contribution in [0, 0.1) is 0 Å². The van der Waals surface area contributed by atoms with Crippen molar-refractivity contribution in [3.8, 4) is 5.69 Å². The normalized spacial score (nSPS) is 11.6. The molecule has 0 spiro atoms. The molecule has 0 saturated carbocycles. The molecule has 3 heterocycles. The summed E-state index contributed by atoms with van der Waals surface area (Å²) >= 11 is 0. The lowest BCUT2D eigenvalue weighted by Crippen LogP contribution is -2.19. The Morgan fingerprint density at radius 1 is 0.778 bits per heavy atom. The monoisotopic (exact) mass is 356 g/mol. The van der Waals surface area contributed by atoms with Crippen LogP contribution in [0.4, 0.5) is 0 Å². The molecule has 0 saturated heterocycles. The highest BCUT2D eigenvalue weighted by Crippen LogP contribution is 2.27. The molecule has 0 aliphatic carbocycles. The summed E-state index contributed by atoms with van der Waals surface area (Å²) in [6.07, 6.45) is 1.58. The van der Waals surface area contributed by atoms with Crippen molar-refractivity contribution in [1.29, 1.82) is 0 Å². The second-order valence-electron chi connectivity index (χ2n) is 6.64. The van der Waals surface area contributed by atoms with E-state index in [4.69, 9.17) is 0 Å². The summed E-state index contributed by atoms with van der Waals surface area (Å²) in [5, 5.41) is 6.83. The summed E-state index contributed by atoms with van der Waals surface area (Å²) in [5.74, 6) is 0. The molecule has 0 N–H and O–H groups in total. The fraction of sp³-hybridized carbons (Fsp3) is 0.0952. The summed E-state index contributed by atoms with van der Waals surface area (Å²) < 4.78 is 4.95. The largest absolute Gasteiger partial charge is 0.311 e. The highest BCUT2D eigenvalue weighted by Gasteiger charge is 2.17. The van der Waals surface area contributed by atoms with E-state index in [1.165, 1.54) is 0 Å². The molecule has 0 aliphatic rings. The molecular weight excluding hydrogens is 340 g/mol. The van der Waals surface area contributed by atoms with Crippen molar-refractivity contribution in [1.82, 2.24) is 18.9 Å². The lowest BCUT2D eigenvalue weighted by molar-refractivity contribution is 0.875. The van der Waals surface area contributed by atoms with Crippen LogP contribution in [-0.2, 0) is 14.1 Å². The third-order valence-corrected chi connectivity index (χ3v) is 5.19. The van der Waals surface area contributed by atoms with Gasteiger partial charge in [0.25, 0.3) is 11.1 Å². The highest BCUT2D eigenvalue weighted by molar-refractivity contribution is 6.05. The lowest BCUT2D eigenvalue weighted by Gasteiger charge is -2.12. The Balaban J connectivity index is 2.03. The zero-order chi connectivity index (χ0) is 18.7. The average molecular weight is 356 g/mol. The van der Waals surface area contributed by atoms with Crippen LogP contribution in [0.5, 0.6) is 0 Å². The third-order valence-electron chi connectivity index (χ3n) is 5.19. The van der Waals surface area contributed by atoms with Crippen molar-refractivity contribution in [2.45, 2.75) is 0 Å². The van der Waals surface area contributed by atoms with Crippen LogP contribution in [0.25, 0.3) is 38.4 Å². The summed E-state index contributed by atoms with van der Waals surface area (Å²) in [7, 11) is 3.51. The van der Waals surface area contributed by atoms with E-state index in [9.17, 15) is 9.59 Å². The molecule has 5 rings (SSSR count). The number of fused-ring (bicyclic) bond motifs is 4. The Hall–Kier alpha value is -3.67. The Morgan fingerprint density at radius 3 is 2.15 bits per heavy atom. The number of aromatic nitrogens is 4. The van der Waals surface area contributed by atoms with Gasteiger partial charge in [-0.3, -0.25) is 9.59 Å². The maximum absolute atomic E-state index is 12.8. The fourth-order valence-corrected chi connectivity index (χ4v) is 3.77. The lowest BCUT2D eigenvalue weighted by atomic mass is 10.1. The minimum Gasteiger partial charge on any atom is -0.311 e. The van der Waals surface area contributed by atoms with Gasteiger partial charge in [0.05, 0.1) is 33.8 Å². The summed E-state index contributed by atoms with van der Waals surface area (Å²) in [4.78, 5) is 25.3. The molecule has 5 aromatic rings. The molecule has 0 bridgehead atoms. The Bertz CT molecular complexity index is 1490. The predicted octanol–water partition coefficient (Wildman–Crippen LogP) is 2.73. The molecule has 3 aromatic heterocycles. The Labute approximate surface area is 153 Å². The Kier molecular flexibility index (Phi) is 3.12. The number of hydrogen-bond donors (Lipinski definition) is 0. The van der Waals surface area contributed by atoms with Crippen LogP contribution in [0.1, 0.15) is 0 Å². The van der Waals surface area contributed by atoms with Gasteiger partial charge in [0.1, 0.15) is 0 Å². The van der Waals surface area contributed by atoms with Gasteiger partial charge in [0.2, 0.25) is 0 Å². The molecule has 0 amide bonds. The highest BCUT2D eigenvalue weighted by atomic mass is 16.1. The number of nitrogens with zero attached hydrogens (tertiary/aromatic N) is 4. The first-order valence-corrected chi connectivity index (χ1v) is 8.62. The van der Waals surface area contributed by atoms with E-state index in [-0.39, 0.29) is 11.1 Å². The number of para-hydroxylation sites is 2. The summed E-state index contributed by atoms with van der Waals surface area (Å²) in [6.45, 7) is 0. The second kappa shape index (κ2) is 5.41. The molecule has 2 aromatic carbocycles. The van der Waals surface area contributed by atoms with Crippen molar-refractivity contribution in [3.05, 3.63) is 81.5 Å². The van der Waals surface area contributed by atoms with Crippen molar-refractivity contribution >= 4 is 32.7 Å². The van der Waals surface area contributed by atoms with Gasteiger partial charge in [-0.1, -0.05) is 36.4 Å².